The maximum absolute atomic E-state index is 2.56. The molecular weight excluding hydrogens is 141 g/mol. The Bertz CT molecular complexity index is 28.7. The predicted octanol–water partition coefficient (Wildman–Crippen LogP) is -0.133. The molecule has 0 saturated carbocycles. The van der Waals surface area contributed by atoms with Crippen LogP contribution in [0.5, 0.6) is 0 Å². The molecule has 0 aromatic rings. The Balaban J connectivity index is 2.63. The van der Waals surface area contributed by atoms with Gasteiger partial charge in [-0.1, -0.05) is 0 Å². The van der Waals surface area contributed by atoms with Crippen LogP contribution in [0.3, 0.4) is 0 Å². The molecular formula is C4H11NSe. The topological polar surface area (TPSA) is 3.24 Å². The summed E-state index contributed by atoms with van der Waals surface area (Å²) in [5, 5.41) is 1.19. The van der Waals surface area contributed by atoms with E-state index in [0.717, 1.165) is 0 Å². The van der Waals surface area contributed by atoms with Crippen LogP contribution in [0.4, 0.5) is 0 Å². The van der Waals surface area contributed by atoms with Crippen molar-refractivity contribution in [2.24, 2.45) is 0 Å². The van der Waals surface area contributed by atoms with Gasteiger partial charge in [0, 0.05) is 0 Å². The molecule has 38 valence electrons. The molecule has 0 saturated heterocycles. The molecule has 2 heteroatoms. The van der Waals surface area contributed by atoms with Crippen LogP contribution < -0.4 is 0 Å². The summed E-state index contributed by atoms with van der Waals surface area (Å²) in [7, 11) is 4.15. The number of rotatable bonds is 2. The fourth-order valence-corrected chi connectivity index (χ4v) is 1.04. The molecule has 0 fully saturated rings. The van der Waals surface area contributed by atoms with Crippen LogP contribution in [0, 0.1) is 0 Å². The molecule has 0 spiro atoms. The van der Waals surface area contributed by atoms with E-state index in [-0.39, 0.29) is 0 Å². The van der Waals surface area contributed by atoms with Gasteiger partial charge in [-0.2, -0.15) is 0 Å². The Hall–Kier alpha value is 0.479. The van der Waals surface area contributed by atoms with Crippen molar-refractivity contribution >= 4 is 16.0 Å². The summed E-state index contributed by atoms with van der Waals surface area (Å²) in [6.45, 7) is 1.18. The summed E-state index contributed by atoms with van der Waals surface area (Å²) in [5.74, 6) is 0. The van der Waals surface area contributed by atoms with Crippen LogP contribution in [0.15, 0.2) is 0 Å². The van der Waals surface area contributed by atoms with Crippen molar-refractivity contribution in [2.45, 2.75) is 5.32 Å². The molecule has 0 rings (SSSR count). The van der Waals surface area contributed by atoms with E-state index in [9.17, 15) is 0 Å². The van der Waals surface area contributed by atoms with Crippen LogP contribution in [-0.2, 0) is 0 Å². The van der Waals surface area contributed by atoms with Crippen LogP contribution in [-0.4, -0.2) is 41.6 Å². The fourth-order valence-electron chi connectivity index (χ4n) is 0.200. The SMILES string of the molecule is CN(C)CC[SeH]. The minimum absolute atomic E-state index is 1.18. The van der Waals surface area contributed by atoms with Crippen molar-refractivity contribution in [2.75, 3.05) is 20.6 Å². The van der Waals surface area contributed by atoms with Gasteiger partial charge in [-0.15, -0.1) is 0 Å². The molecule has 0 unspecified atom stereocenters. The Labute approximate surface area is 47.5 Å². The van der Waals surface area contributed by atoms with Crippen LogP contribution in [0.1, 0.15) is 0 Å². The maximum atomic E-state index is 2.56. The van der Waals surface area contributed by atoms with Crippen molar-refractivity contribution in [1.82, 2.24) is 4.90 Å². The molecule has 0 heterocycles. The van der Waals surface area contributed by atoms with Gasteiger partial charge in [0.15, 0.2) is 0 Å². The van der Waals surface area contributed by atoms with E-state index in [1.165, 1.54) is 11.9 Å². The average molecular weight is 152 g/mol. The molecule has 0 atom stereocenters. The summed E-state index contributed by atoms with van der Waals surface area (Å²) < 4.78 is 0. The molecule has 0 aromatic heterocycles. The van der Waals surface area contributed by atoms with Crippen molar-refractivity contribution in [1.29, 1.82) is 0 Å². The van der Waals surface area contributed by atoms with Gasteiger partial charge in [-0.05, 0) is 0 Å². The Morgan fingerprint density at radius 3 is 2.00 bits per heavy atom. The predicted molar refractivity (Wildman–Crippen MR) is 30.5 cm³/mol. The summed E-state index contributed by atoms with van der Waals surface area (Å²) in [4.78, 5) is 2.16. The molecule has 0 amide bonds. The van der Waals surface area contributed by atoms with E-state index in [1.54, 1.807) is 0 Å². The molecule has 6 heavy (non-hydrogen) atoms. The quantitative estimate of drug-likeness (QED) is 0.498. The van der Waals surface area contributed by atoms with Gasteiger partial charge < -0.3 is 0 Å². The number of hydrogen-bond acceptors (Lipinski definition) is 1. The molecule has 0 bridgehead atoms. The van der Waals surface area contributed by atoms with Crippen molar-refractivity contribution < 1.29 is 0 Å². The third kappa shape index (κ3) is 4.48. The minimum atomic E-state index is 1.18. The van der Waals surface area contributed by atoms with Crippen LogP contribution in [0.2, 0.25) is 5.32 Å². The van der Waals surface area contributed by atoms with Crippen molar-refractivity contribution in [3.05, 3.63) is 0 Å². The summed E-state index contributed by atoms with van der Waals surface area (Å²) in [5.41, 5.74) is 0. The van der Waals surface area contributed by atoms with Gasteiger partial charge in [-0.3, -0.25) is 0 Å². The first kappa shape index (κ1) is 6.48. The van der Waals surface area contributed by atoms with Crippen molar-refractivity contribution in [3.63, 3.8) is 0 Å². The first-order valence-corrected chi connectivity index (χ1v) is 3.35. The second-order valence-electron chi connectivity index (χ2n) is 1.53. The van der Waals surface area contributed by atoms with Gasteiger partial charge in [-0.25, -0.2) is 0 Å². The van der Waals surface area contributed by atoms with Crippen molar-refractivity contribution in [3.8, 4) is 0 Å². The van der Waals surface area contributed by atoms with E-state index in [0.29, 0.717) is 0 Å². The van der Waals surface area contributed by atoms with Crippen LogP contribution >= 0.6 is 0 Å². The van der Waals surface area contributed by atoms with Gasteiger partial charge in [0.2, 0.25) is 0 Å². The van der Waals surface area contributed by atoms with E-state index in [2.05, 4.69) is 35.0 Å². The standard InChI is InChI=1S/C4H11NSe/c1-5(2)3-4-6/h6H,3-4H2,1-2H3. The summed E-state index contributed by atoms with van der Waals surface area (Å²) in [6, 6.07) is 0. The monoisotopic (exact) mass is 153 g/mol. The Morgan fingerprint density at radius 1 is 1.50 bits per heavy atom. The fraction of sp³-hybridized carbons (Fsp3) is 1.00. The number of nitrogens with zero attached hydrogens (tertiary/aromatic N) is 1. The Kier molecular flexibility index (Phi) is 3.95. The number of hydrogen-bond donors (Lipinski definition) is 0. The summed E-state index contributed by atoms with van der Waals surface area (Å²) >= 11 is 2.56. The average Bonchev–Trinajstić information content (AvgIpc) is 1.35. The second-order valence-corrected chi connectivity index (χ2v) is 2.47. The van der Waals surface area contributed by atoms with Gasteiger partial charge >= 0.3 is 46.9 Å². The molecule has 0 aliphatic carbocycles. The molecule has 0 aliphatic rings. The third-order valence-electron chi connectivity index (χ3n) is 0.547. The molecule has 0 aromatic carbocycles. The first-order chi connectivity index (χ1) is 2.77. The molecule has 1 nitrogen and oxygen atoms in total. The third-order valence-corrected chi connectivity index (χ3v) is 0.967. The van der Waals surface area contributed by atoms with E-state index >= 15 is 0 Å². The van der Waals surface area contributed by atoms with Gasteiger partial charge in [0.25, 0.3) is 0 Å². The van der Waals surface area contributed by atoms with E-state index in [1.807, 2.05) is 0 Å². The molecule has 0 N–H and O–H groups in total. The zero-order valence-corrected chi connectivity index (χ0v) is 6.19. The molecule has 0 aliphatic heterocycles. The Morgan fingerprint density at radius 2 is 2.00 bits per heavy atom. The zero-order valence-electron chi connectivity index (χ0n) is 4.31. The second kappa shape index (κ2) is 3.66. The molecule has 0 radical (unpaired) electrons. The zero-order chi connectivity index (χ0) is 4.99. The summed E-state index contributed by atoms with van der Waals surface area (Å²) in [6.07, 6.45) is 0. The van der Waals surface area contributed by atoms with E-state index < -0.39 is 0 Å². The van der Waals surface area contributed by atoms with Gasteiger partial charge in [0.1, 0.15) is 0 Å². The van der Waals surface area contributed by atoms with Gasteiger partial charge in [0.05, 0.1) is 0 Å². The van der Waals surface area contributed by atoms with Crippen LogP contribution in [0.25, 0.3) is 0 Å². The first-order valence-electron chi connectivity index (χ1n) is 2.03. The normalized spacial score (nSPS) is 10.0. The van der Waals surface area contributed by atoms with E-state index in [4.69, 9.17) is 0 Å².